The smallest absolute Gasteiger partial charge is 0.438 e. The molecule has 0 atom stereocenters. The van der Waals surface area contributed by atoms with Crippen molar-refractivity contribution in [1.82, 2.24) is 0 Å². The maximum atomic E-state index is 11.2. The summed E-state index contributed by atoms with van der Waals surface area (Å²) < 4.78 is 9.70. The number of rotatable bonds is 1. The summed E-state index contributed by atoms with van der Waals surface area (Å²) in [5.74, 6) is 5.10. The van der Waals surface area contributed by atoms with Gasteiger partial charge in [-0.3, -0.25) is 4.79 Å². The SMILES string of the molecule is COC(=O)OC1(C#CC=O)CCCCCC1. The highest BCUT2D eigenvalue weighted by Gasteiger charge is 2.33. The van der Waals surface area contributed by atoms with E-state index in [4.69, 9.17) is 4.74 Å². The summed E-state index contributed by atoms with van der Waals surface area (Å²) >= 11 is 0. The predicted octanol–water partition coefficient (Wildman–Crippen LogP) is 2.06. The van der Waals surface area contributed by atoms with Gasteiger partial charge in [0.05, 0.1) is 7.11 Å². The van der Waals surface area contributed by atoms with Crippen LogP contribution in [0.4, 0.5) is 4.79 Å². The van der Waals surface area contributed by atoms with E-state index < -0.39 is 11.8 Å². The monoisotopic (exact) mass is 224 g/mol. The maximum Gasteiger partial charge on any atom is 0.509 e. The van der Waals surface area contributed by atoms with E-state index >= 15 is 0 Å². The van der Waals surface area contributed by atoms with Crippen molar-refractivity contribution in [3.63, 3.8) is 0 Å². The van der Waals surface area contributed by atoms with Crippen LogP contribution in [0.2, 0.25) is 0 Å². The van der Waals surface area contributed by atoms with Crippen LogP contribution in [0.25, 0.3) is 0 Å². The molecule has 0 heterocycles. The Balaban J connectivity index is 2.80. The molecule has 1 fully saturated rings. The fraction of sp³-hybridized carbons (Fsp3) is 0.667. The zero-order chi connectivity index (χ0) is 11.9. The topological polar surface area (TPSA) is 52.6 Å². The summed E-state index contributed by atoms with van der Waals surface area (Å²) in [7, 11) is 1.26. The van der Waals surface area contributed by atoms with E-state index in [2.05, 4.69) is 16.6 Å². The van der Waals surface area contributed by atoms with Crippen molar-refractivity contribution in [2.24, 2.45) is 0 Å². The third kappa shape index (κ3) is 3.58. The molecule has 0 bridgehead atoms. The van der Waals surface area contributed by atoms with Gasteiger partial charge < -0.3 is 9.47 Å². The van der Waals surface area contributed by atoms with Gasteiger partial charge >= 0.3 is 6.16 Å². The molecule has 0 aromatic rings. The molecule has 4 heteroatoms. The summed E-state index contributed by atoms with van der Waals surface area (Å²) in [5.41, 5.74) is -0.829. The molecule has 0 aliphatic heterocycles. The number of methoxy groups -OCH3 is 1. The van der Waals surface area contributed by atoms with Crippen LogP contribution in [0.15, 0.2) is 0 Å². The van der Waals surface area contributed by atoms with Crippen molar-refractivity contribution in [1.29, 1.82) is 0 Å². The number of aldehydes is 1. The molecule has 1 saturated carbocycles. The Morgan fingerprint density at radius 2 is 1.88 bits per heavy atom. The van der Waals surface area contributed by atoms with Crippen molar-refractivity contribution in [2.75, 3.05) is 7.11 Å². The van der Waals surface area contributed by atoms with E-state index in [1.165, 1.54) is 7.11 Å². The zero-order valence-corrected chi connectivity index (χ0v) is 9.45. The number of carbonyl (C=O) groups excluding carboxylic acids is 2. The highest BCUT2D eigenvalue weighted by Crippen LogP contribution is 2.30. The molecule has 0 radical (unpaired) electrons. The maximum absolute atomic E-state index is 11.2. The van der Waals surface area contributed by atoms with Crippen LogP contribution in [-0.4, -0.2) is 25.2 Å². The molecule has 0 amide bonds. The van der Waals surface area contributed by atoms with E-state index in [0.29, 0.717) is 19.1 Å². The third-order valence-electron chi connectivity index (χ3n) is 2.72. The second kappa shape index (κ2) is 6.16. The summed E-state index contributed by atoms with van der Waals surface area (Å²) in [6.07, 6.45) is 5.24. The van der Waals surface area contributed by atoms with Crippen LogP contribution >= 0.6 is 0 Å². The Kier molecular flexibility index (Phi) is 4.84. The van der Waals surface area contributed by atoms with E-state index in [0.717, 1.165) is 25.7 Å². The van der Waals surface area contributed by atoms with Crippen LogP contribution in [0, 0.1) is 11.8 Å². The lowest BCUT2D eigenvalue weighted by molar-refractivity contribution is -0.103. The van der Waals surface area contributed by atoms with Crippen LogP contribution in [0.3, 0.4) is 0 Å². The highest BCUT2D eigenvalue weighted by molar-refractivity contribution is 5.73. The lowest BCUT2D eigenvalue weighted by Gasteiger charge is -2.25. The van der Waals surface area contributed by atoms with Gasteiger partial charge in [-0.15, -0.1) is 0 Å². The Labute approximate surface area is 95.3 Å². The molecule has 88 valence electrons. The number of hydrogen-bond donors (Lipinski definition) is 0. The summed E-state index contributed by atoms with van der Waals surface area (Å²) in [4.78, 5) is 21.4. The highest BCUT2D eigenvalue weighted by atomic mass is 16.7. The van der Waals surface area contributed by atoms with Gasteiger partial charge in [-0.05, 0) is 37.5 Å². The summed E-state index contributed by atoms with van der Waals surface area (Å²) in [6.45, 7) is 0. The van der Waals surface area contributed by atoms with E-state index in [1.807, 2.05) is 0 Å². The minimum Gasteiger partial charge on any atom is -0.438 e. The quantitative estimate of drug-likeness (QED) is 0.296. The molecule has 0 unspecified atom stereocenters. The first-order valence-electron chi connectivity index (χ1n) is 5.46. The van der Waals surface area contributed by atoms with Crippen LogP contribution < -0.4 is 0 Å². The van der Waals surface area contributed by atoms with Crippen molar-refractivity contribution >= 4 is 12.4 Å². The molecule has 1 aliphatic carbocycles. The average Bonchev–Trinajstić information content (AvgIpc) is 2.52. The molecule has 1 rings (SSSR count). The van der Waals surface area contributed by atoms with Crippen LogP contribution in [0.1, 0.15) is 38.5 Å². The molecule has 0 aromatic carbocycles. The molecular formula is C12H16O4. The van der Waals surface area contributed by atoms with Gasteiger partial charge in [0.2, 0.25) is 0 Å². The number of ether oxygens (including phenoxy) is 2. The molecular weight excluding hydrogens is 208 g/mol. The lowest BCUT2D eigenvalue weighted by atomic mass is 9.95. The second-order valence-corrected chi connectivity index (χ2v) is 3.85. The summed E-state index contributed by atoms with van der Waals surface area (Å²) in [5, 5.41) is 0. The van der Waals surface area contributed by atoms with Crippen molar-refractivity contribution in [2.45, 2.75) is 44.1 Å². The van der Waals surface area contributed by atoms with E-state index in [9.17, 15) is 9.59 Å². The minimum absolute atomic E-state index is 0.521. The third-order valence-corrected chi connectivity index (χ3v) is 2.72. The Morgan fingerprint density at radius 3 is 2.38 bits per heavy atom. The Hall–Kier alpha value is -1.50. The molecule has 16 heavy (non-hydrogen) atoms. The van der Waals surface area contributed by atoms with Gasteiger partial charge in [-0.2, -0.15) is 0 Å². The minimum atomic E-state index is -0.829. The molecule has 0 aromatic heterocycles. The van der Waals surface area contributed by atoms with Gasteiger partial charge in [0.25, 0.3) is 0 Å². The molecule has 0 spiro atoms. The predicted molar refractivity (Wildman–Crippen MR) is 57.8 cm³/mol. The van der Waals surface area contributed by atoms with Gasteiger partial charge in [0, 0.05) is 0 Å². The fourth-order valence-electron chi connectivity index (χ4n) is 1.91. The first-order chi connectivity index (χ1) is 7.72. The first kappa shape index (κ1) is 12.6. The largest absolute Gasteiger partial charge is 0.509 e. The average molecular weight is 224 g/mol. The molecule has 0 N–H and O–H groups in total. The van der Waals surface area contributed by atoms with E-state index in [1.54, 1.807) is 0 Å². The number of carbonyl (C=O) groups is 2. The Morgan fingerprint density at radius 1 is 1.25 bits per heavy atom. The standard InChI is InChI=1S/C12H16O4/c1-15-11(14)16-12(9-6-10-13)7-4-2-3-5-8-12/h10H,2-5,7-8H2,1H3. The number of hydrogen-bond acceptors (Lipinski definition) is 4. The molecule has 0 saturated heterocycles. The van der Waals surface area contributed by atoms with Crippen LogP contribution in [-0.2, 0) is 14.3 Å². The zero-order valence-electron chi connectivity index (χ0n) is 9.45. The molecule has 1 aliphatic rings. The van der Waals surface area contributed by atoms with Crippen molar-refractivity contribution < 1.29 is 19.1 Å². The first-order valence-corrected chi connectivity index (χ1v) is 5.46. The van der Waals surface area contributed by atoms with Crippen LogP contribution in [0.5, 0.6) is 0 Å². The fourth-order valence-corrected chi connectivity index (χ4v) is 1.91. The normalized spacial score (nSPS) is 18.6. The lowest BCUT2D eigenvalue weighted by Crippen LogP contribution is -2.33. The van der Waals surface area contributed by atoms with Gasteiger partial charge in [-0.1, -0.05) is 12.8 Å². The summed E-state index contributed by atoms with van der Waals surface area (Å²) in [6, 6.07) is 0. The van der Waals surface area contributed by atoms with Gasteiger partial charge in [0.1, 0.15) is 0 Å². The Bertz CT molecular complexity index is 303. The van der Waals surface area contributed by atoms with Crippen molar-refractivity contribution in [3.8, 4) is 11.8 Å². The van der Waals surface area contributed by atoms with Gasteiger partial charge in [-0.25, -0.2) is 4.79 Å². The van der Waals surface area contributed by atoms with Gasteiger partial charge in [0.15, 0.2) is 11.9 Å². The second-order valence-electron chi connectivity index (χ2n) is 3.85. The molecule has 4 nitrogen and oxygen atoms in total. The van der Waals surface area contributed by atoms with Crippen molar-refractivity contribution in [3.05, 3.63) is 0 Å². The van der Waals surface area contributed by atoms with E-state index in [-0.39, 0.29) is 0 Å².